The van der Waals surface area contributed by atoms with Gasteiger partial charge in [-0.25, -0.2) is 0 Å². The molecule has 0 amide bonds. The van der Waals surface area contributed by atoms with Gasteiger partial charge < -0.3 is 9.32 Å². The number of rotatable bonds is 4. The Hall–Kier alpha value is -5.86. The lowest BCUT2D eigenvalue weighted by Crippen LogP contribution is -2.15. The molecule has 0 saturated heterocycles. The van der Waals surface area contributed by atoms with Crippen molar-refractivity contribution >= 4 is 39.0 Å². The van der Waals surface area contributed by atoms with Gasteiger partial charge in [0.15, 0.2) is 0 Å². The summed E-state index contributed by atoms with van der Waals surface area (Å²) in [7, 11) is 0. The van der Waals surface area contributed by atoms with Crippen LogP contribution in [0.25, 0.3) is 55.3 Å². The number of fused-ring (bicyclic) bond motifs is 10. The quantitative estimate of drug-likeness (QED) is 0.193. The normalized spacial score (nSPS) is 13.9. The van der Waals surface area contributed by atoms with Gasteiger partial charge in [-0.1, -0.05) is 135 Å². The molecule has 234 valence electrons. The molecular formula is C47H35NO. The average Bonchev–Trinajstić information content (AvgIpc) is 3.65. The summed E-state index contributed by atoms with van der Waals surface area (Å²) in [5.74, 6) is 0. The van der Waals surface area contributed by atoms with Crippen molar-refractivity contribution in [3.05, 3.63) is 174 Å². The maximum absolute atomic E-state index is 6.94. The molecule has 0 fully saturated rings. The van der Waals surface area contributed by atoms with Gasteiger partial charge in [-0.3, -0.25) is 0 Å². The highest BCUT2D eigenvalue weighted by molar-refractivity contribution is 6.18. The van der Waals surface area contributed by atoms with Crippen LogP contribution in [0.3, 0.4) is 0 Å². The third kappa shape index (κ3) is 4.14. The number of benzene rings is 7. The fourth-order valence-corrected chi connectivity index (χ4v) is 8.64. The van der Waals surface area contributed by atoms with Crippen LogP contribution in [-0.2, 0) is 18.3 Å². The zero-order valence-electron chi connectivity index (χ0n) is 27.7. The van der Waals surface area contributed by atoms with Crippen LogP contribution in [0.4, 0.5) is 17.1 Å². The summed E-state index contributed by atoms with van der Waals surface area (Å²) in [6, 6.07) is 55.4. The highest BCUT2D eigenvalue weighted by Crippen LogP contribution is 2.54. The Labute approximate surface area is 286 Å². The van der Waals surface area contributed by atoms with Crippen LogP contribution in [0, 0.1) is 0 Å². The van der Waals surface area contributed by atoms with E-state index in [0.717, 1.165) is 46.2 Å². The first kappa shape index (κ1) is 28.2. The summed E-state index contributed by atoms with van der Waals surface area (Å²) in [6.45, 7) is 4.66. The lowest BCUT2D eigenvalue weighted by atomic mass is 9.82. The summed E-state index contributed by atoms with van der Waals surface area (Å²) in [6.07, 6.45) is 2.08. The molecule has 0 saturated carbocycles. The highest BCUT2D eigenvalue weighted by Gasteiger charge is 2.38. The average molecular weight is 630 g/mol. The molecule has 2 nitrogen and oxygen atoms in total. The lowest BCUT2D eigenvalue weighted by Gasteiger charge is -2.32. The van der Waals surface area contributed by atoms with Gasteiger partial charge in [-0.15, -0.1) is 0 Å². The molecule has 0 aliphatic heterocycles. The fourth-order valence-electron chi connectivity index (χ4n) is 8.64. The molecule has 0 unspecified atom stereocenters. The van der Waals surface area contributed by atoms with E-state index < -0.39 is 0 Å². The first-order valence-corrected chi connectivity index (χ1v) is 17.3. The van der Waals surface area contributed by atoms with Crippen molar-refractivity contribution in [2.45, 2.75) is 32.1 Å². The summed E-state index contributed by atoms with van der Waals surface area (Å²) < 4.78 is 6.94. The zero-order chi connectivity index (χ0) is 32.7. The number of hydrogen-bond acceptors (Lipinski definition) is 2. The van der Waals surface area contributed by atoms with Gasteiger partial charge >= 0.3 is 0 Å². The molecule has 2 heteroatoms. The number of nitrogens with zero attached hydrogens (tertiary/aromatic N) is 1. The van der Waals surface area contributed by atoms with Crippen LogP contribution >= 0.6 is 0 Å². The summed E-state index contributed by atoms with van der Waals surface area (Å²) in [4.78, 5) is 2.48. The Morgan fingerprint density at radius 3 is 2.12 bits per heavy atom. The molecule has 1 aromatic heterocycles. The fraction of sp³-hybridized carbons (Fsp3) is 0.106. The topological polar surface area (TPSA) is 16.4 Å². The van der Waals surface area contributed by atoms with Crippen LogP contribution in [0.2, 0.25) is 0 Å². The van der Waals surface area contributed by atoms with Gasteiger partial charge in [0, 0.05) is 27.6 Å². The largest absolute Gasteiger partial charge is 0.455 e. The first-order valence-electron chi connectivity index (χ1n) is 17.3. The zero-order valence-corrected chi connectivity index (χ0v) is 27.7. The standard InChI is InChI=1S/C47H35NO/c1-47(2)38-21-9-8-20-36(38)44-39(47)28-27-37-45-41(23-12-24-42(45)49-46(37)44)48(34-18-10-17-33(29-34)30-13-4-3-5-14-30)40-22-11-16-32-26-25-31-15-6-7-19-35(31)43(32)40/h3-24,27-29H,25-26H2,1-2H3. The van der Waals surface area contributed by atoms with E-state index in [4.69, 9.17) is 4.42 Å². The SMILES string of the molecule is CC1(C)c2ccccc2-c2c1ccc1c2oc2cccc(N(c3cccc(-c4ccccc4)c3)c3cccc4c3-c3ccccc3CC4)c21. The van der Waals surface area contributed by atoms with E-state index >= 15 is 0 Å². The monoisotopic (exact) mass is 629 g/mol. The van der Waals surface area contributed by atoms with Crippen molar-refractivity contribution in [3.8, 4) is 33.4 Å². The summed E-state index contributed by atoms with van der Waals surface area (Å²) in [5.41, 5.74) is 18.2. The van der Waals surface area contributed by atoms with E-state index in [9.17, 15) is 0 Å². The molecule has 2 aliphatic rings. The third-order valence-corrected chi connectivity index (χ3v) is 11.0. The summed E-state index contributed by atoms with van der Waals surface area (Å²) in [5, 5.41) is 2.28. The lowest BCUT2D eigenvalue weighted by molar-refractivity contribution is 0.653. The molecular weight excluding hydrogens is 595 g/mol. The van der Waals surface area contributed by atoms with Gasteiger partial charge in [-0.2, -0.15) is 0 Å². The Morgan fingerprint density at radius 2 is 1.22 bits per heavy atom. The maximum atomic E-state index is 6.94. The van der Waals surface area contributed by atoms with Crippen LogP contribution in [0.5, 0.6) is 0 Å². The Bertz CT molecular complexity index is 2590. The van der Waals surface area contributed by atoms with E-state index in [1.54, 1.807) is 0 Å². The molecule has 0 bridgehead atoms. The molecule has 7 aromatic carbocycles. The molecule has 0 radical (unpaired) electrons. The van der Waals surface area contributed by atoms with Gasteiger partial charge in [0.2, 0.25) is 0 Å². The number of furan rings is 1. The molecule has 8 aromatic rings. The number of hydrogen-bond donors (Lipinski definition) is 0. The van der Waals surface area contributed by atoms with Crippen LogP contribution in [0.15, 0.2) is 156 Å². The van der Waals surface area contributed by atoms with Crippen molar-refractivity contribution < 1.29 is 4.42 Å². The Kier molecular flexibility index (Phi) is 6.08. The second-order valence-corrected chi connectivity index (χ2v) is 14.0. The molecule has 10 rings (SSSR count). The van der Waals surface area contributed by atoms with E-state index in [-0.39, 0.29) is 5.41 Å². The smallest absolute Gasteiger partial charge is 0.143 e. The van der Waals surface area contributed by atoms with Gasteiger partial charge in [0.25, 0.3) is 0 Å². The maximum Gasteiger partial charge on any atom is 0.143 e. The third-order valence-electron chi connectivity index (χ3n) is 11.0. The number of aryl methyl sites for hydroxylation is 2. The van der Waals surface area contributed by atoms with E-state index in [0.29, 0.717) is 0 Å². The first-order chi connectivity index (χ1) is 24.1. The van der Waals surface area contributed by atoms with Gasteiger partial charge in [-0.05, 0) is 87.7 Å². The highest BCUT2D eigenvalue weighted by atomic mass is 16.3. The van der Waals surface area contributed by atoms with Crippen molar-refractivity contribution in [1.82, 2.24) is 0 Å². The van der Waals surface area contributed by atoms with E-state index in [2.05, 4.69) is 170 Å². The van der Waals surface area contributed by atoms with Crippen LogP contribution in [0.1, 0.15) is 36.1 Å². The minimum atomic E-state index is -0.0949. The molecule has 0 atom stereocenters. The predicted molar refractivity (Wildman–Crippen MR) is 204 cm³/mol. The van der Waals surface area contributed by atoms with Crippen molar-refractivity contribution in [3.63, 3.8) is 0 Å². The summed E-state index contributed by atoms with van der Waals surface area (Å²) >= 11 is 0. The molecule has 49 heavy (non-hydrogen) atoms. The van der Waals surface area contributed by atoms with Crippen molar-refractivity contribution in [2.24, 2.45) is 0 Å². The minimum absolute atomic E-state index is 0.0949. The molecule has 0 N–H and O–H groups in total. The van der Waals surface area contributed by atoms with Crippen LogP contribution < -0.4 is 4.90 Å². The molecule has 1 heterocycles. The Balaban J connectivity index is 1.28. The molecule has 2 aliphatic carbocycles. The minimum Gasteiger partial charge on any atom is -0.455 e. The van der Waals surface area contributed by atoms with E-state index in [1.165, 1.54) is 61.3 Å². The Morgan fingerprint density at radius 1 is 0.531 bits per heavy atom. The second kappa shape index (κ2) is 10.6. The van der Waals surface area contributed by atoms with Gasteiger partial charge in [0.05, 0.1) is 16.8 Å². The second-order valence-electron chi connectivity index (χ2n) is 14.0. The number of anilines is 3. The van der Waals surface area contributed by atoms with Gasteiger partial charge in [0.1, 0.15) is 11.2 Å². The van der Waals surface area contributed by atoms with Crippen LogP contribution in [-0.4, -0.2) is 0 Å². The van der Waals surface area contributed by atoms with Crippen molar-refractivity contribution in [2.75, 3.05) is 4.90 Å². The van der Waals surface area contributed by atoms with Crippen molar-refractivity contribution in [1.29, 1.82) is 0 Å². The predicted octanol–water partition coefficient (Wildman–Crippen LogP) is 12.8. The molecule has 0 spiro atoms. The van der Waals surface area contributed by atoms with E-state index in [1.807, 2.05) is 0 Å².